The molecule has 0 aliphatic carbocycles. The van der Waals surface area contributed by atoms with Gasteiger partial charge in [0.05, 0.1) is 0 Å². The van der Waals surface area contributed by atoms with E-state index in [1.165, 1.54) is 7.11 Å². The molecule has 0 heterocycles. The summed E-state index contributed by atoms with van der Waals surface area (Å²) in [7, 11) is 1.42. The average molecular weight is 280 g/mol. The third-order valence-corrected chi connectivity index (χ3v) is 2.91. The molecule has 0 unspecified atom stereocenters. The first kappa shape index (κ1) is 14.6. The Morgan fingerprint density at radius 1 is 1.19 bits per heavy atom. The zero-order chi connectivity index (χ0) is 15.1. The molecular formula is C17H16N2O2. The zero-order valence-electron chi connectivity index (χ0n) is 12.0. The number of oxime groups is 1. The van der Waals surface area contributed by atoms with Gasteiger partial charge in [0, 0.05) is 5.56 Å². The van der Waals surface area contributed by atoms with Crippen molar-refractivity contribution in [3.63, 3.8) is 0 Å². The number of hydrogen-bond acceptors (Lipinski definition) is 4. The van der Waals surface area contributed by atoms with Gasteiger partial charge < -0.3 is 9.57 Å². The van der Waals surface area contributed by atoms with Crippen LogP contribution in [0.2, 0.25) is 0 Å². The standard InChI is InChI=1S/C17H16N2O2/c1-13-4-3-5-16(10-13)21-12-14-6-8-15(9-7-14)17(11-18)19-20-2/h3-10H,12H2,1-2H3. The van der Waals surface area contributed by atoms with E-state index in [1.807, 2.05) is 61.5 Å². The third-order valence-electron chi connectivity index (χ3n) is 2.91. The maximum Gasteiger partial charge on any atom is 0.186 e. The van der Waals surface area contributed by atoms with Crippen molar-refractivity contribution in [2.45, 2.75) is 13.5 Å². The summed E-state index contributed by atoms with van der Waals surface area (Å²) in [5.74, 6) is 0.845. The molecule has 4 nitrogen and oxygen atoms in total. The lowest BCUT2D eigenvalue weighted by Crippen LogP contribution is -2.00. The predicted octanol–water partition coefficient (Wildman–Crippen LogP) is 3.45. The van der Waals surface area contributed by atoms with Crippen molar-refractivity contribution in [3.8, 4) is 11.8 Å². The Morgan fingerprint density at radius 2 is 1.95 bits per heavy atom. The maximum atomic E-state index is 8.97. The van der Waals surface area contributed by atoms with Gasteiger partial charge in [-0.3, -0.25) is 0 Å². The van der Waals surface area contributed by atoms with Crippen LogP contribution in [-0.2, 0) is 11.4 Å². The lowest BCUT2D eigenvalue weighted by molar-refractivity contribution is 0.214. The fraction of sp³-hybridized carbons (Fsp3) is 0.176. The summed E-state index contributed by atoms with van der Waals surface area (Å²) < 4.78 is 5.73. The Balaban J connectivity index is 2.03. The summed E-state index contributed by atoms with van der Waals surface area (Å²) in [6.45, 7) is 2.51. The number of aryl methyl sites for hydroxylation is 1. The monoisotopic (exact) mass is 280 g/mol. The van der Waals surface area contributed by atoms with E-state index in [0.717, 1.165) is 22.4 Å². The molecule has 21 heavy (non-hydrogen) atoms. The van der Waals surface area contributed by atoms with Gasteiger partial charge in [0.25, 0.3) is 0 Å². The molecule has 0 amide bonds. The van der Waals surface area contributed by atoms with Crippen molar-refractivity contribution < 1.29 is 9.57 Å². The molecule has 0 aliphatic heterocycles. The van der Waals surface area contributed by atoms with E-state index in [9.17, 15) is 0 Å². The highest BCUT2D eigenvalue weighted by Crippen LogP contribution is 2.15. The van der Waals surface area contributed by atoms with Crippen LogP contribution in [-0.4, -0.2) is 12.8 Å². The summed E-state index contributed by atoms with van der Waals surface area (Å²) in [6.07, 6.45) is 0. The molecule has 2 rings (SSSR count). The molecule has 2 aromatic carbocycles. The Hall–Kier alpha value is -2.80. The second-order valence-electron chi connectivity index (χ2n) is 4.54. The Morgan fingerprint density at radius 3 is 2.57 bits per heavy atom. The summed E-state index contributed by atoms with van der Waals surface area (Å²) in [6, 6.07) is 17.4. The molecule has 2 aromatic rings. The SMILES string of the molecule is CON=C(C#N)c1ccc(COc2cccc(C)c2)cc1. The van der Waals surface area contributed by atoms with E-state index in [-0.39, 0.29) is 5.71 Å². The van der Waals surface area contributed by atoms with Gasteiger partial charge in [0.15, 0.2) is 5.71 Å². The minimum atomic E-state index is 0.253. The minimum absolute atomic E-state index is 0.253. The van der Waals surface area contributed by atoms with Crippen molar-refractivity contribution in [3.05, 3.63) is 65.2 Å². The van der Waals surface area contributed by atoms with Gasteiger partial charge in [0.2, 0.25) is 0 Å². The van der Waals surface area contributed by atoms with Crippen LogP contribution < -0.4 is 4.74 Å². The van der Waals surface area contributed by atoms with Crippen molar-refractivity contribution in [1.82, 2.24) is 0 Å². The summed E-state index contributed by atoms with van der Waals surface area (Å²) in [4.78, 5) is 4.64. The molecule has 0 saturated heterocycles. The van der Waals surface area contributed by atoms with Crippen LogP contribution in [0.5, 0.6) is 5.75 Å². The van der Waals surface area contributed by atoms with E-state index in [4.69, 9.17) is 10.00 Å². The van der Waals surface area contributed by atoms with Crippen molar-refractivity contribution in [2.24, 2.45) is 5.16 Å². The molecule has 0 N–H and O–H groups in total. The van der Waals surface area contributed by atoms with E-state index in [0.29, 0.717) is 6.61 Å². The number of benzene rings is 2. The number of hydrogen-bond donors (Lipinski definition) is 0. The molecule has 106 valence electrons. The summed E-state index contributed by atoms with van der Waals surface area (Å²) >= 11 is 0. The highest BCUT2D eigenvalue weighted by molar-refractivity contribution is 6.11. The van der Waals surface area contributed by atoms with Crippen LogP contribution in [0.1, 0.15) is 16.7 Å². The van der Waals surface area contributed by atoms with Crippen molar-refractivity contribution in [2.75, 3.05) is 7.11 Å². The molecule has 0 atom stereocenters. The number of nitrogens with zero attached hydrogens (tertiary/aromatic N) is 2. The molecule has 0 aromatic heterocycles. The molecule has 4 heteroatoms. The quantitative estimate of drug-likeness (QED) is 0.622. The molecule has 0 spiro atoms. The van der Waals surface area contributed by atoms with Crippen molar-refractivity contribution in [1.29, 1.82) is 5.26 Å². The van der Waals surface area contributed by atoms with Gasteiger partial charge in [0.1, 0.15) is 25.5 Å². The van der Waals surface area contributed by atoms with Gasteiger partial charge >= 0.3 is 0 Å². The van der Waals surface area contributed by atoms with Crippen LogP contribution in [0, 0.1) is 18.3 Å². The summed E-state index contributed by atoms with van der Waals surface area (Å²) in [5.41, 5.74) is 3.16. The Kier molecular flexibility index (Phi) is 4.94. The predicted molar refractivity (Wildman–Crippen MR) is 81.1 cm³/mol. The Bertz CT molecular complexity index is 670. The average Bonchev–Trinajstić information content (AvgIpc) is 2.51. The Labute approximate surface area is 124 Å². The first-order valence-electron chi connectivity index (χ1n) is 6.53. The molecule has 0 radical (unpaired) electrons. The van der Waals surface area contributed by atoms with Crippen molar-refractivity contribution >= 4 is 5.71 Å². The minimum Gasteiger partial charge on any atom is -0.489 e. The van der Waals surface area contributed by atoms with E-state index in [2.05, 4.69) is 9.99 Å². The number of rotatable bonds is 5. The smallest absolute Gasteiger partial charge is 0.186 e. The van der Waals surface area contributed by atoms with Gasteiger partial charge in [-0.05, 0) is 30.2 Å². The van der Waals surface area contributed by atoms with E-state index in [1.54, 1.807) is 0 Å². The number of ether oxygens (including phenoxy) is 1. The van der Waals surface area contributed by atoms with Crippen LogP contribution in [0.15, 0.2) is 53.7 Å². The van der Waals surface area contributed by atoms with Crippen LogP contribution in [0.4, 0.5) is 0 Å². The normalized spacial score (nSPS) is 10.8. The van der Waals surface area contributed by atoms with E-state index < -0.39 is 0 Å². The maximum absolute atomic E-state index is 8.97. The van der Waals surface area contributed by atoms with Gasteiger partial charge in [-0.1, -0.05) is 41.6 Å². The lowest BCUT2D eigenvalue weighted by Gasteiger charge is -2.07. The largest absolute Gasteiger partial charge is 0.489 e. The second-order valence-corrected chi connectivity index (χ2v) is 4.54. The second kappa shape index (κ2) is 7.11. The van der Waals surface area contributed by atoms with Crippen LogP contribution in [0.3, 0.4) is 0 Å². The van der Waals surface area contributed by atoms with E-state index >= 15 is 0 Å². The molecule has 0 saturated carbocycles. The lowest BCUT2D eigenvalue weighted by atomic mass is 10.1. The fourth-order valence-electron chi connectivity index (χ4n) is 1.86. The highest BCUT2D eigenvalue weighted by atomic mass is 16.6. The highest BCUT2D eigenvalue weighted by Gasteiger charge is 2.03. The molecular weight excluding hydrogens is 264 g/mol. The molecule has 0 fully saturated rings. The van der Waals surface area contributed by atoms with Crippen LogP contribution >= 0.6 is 0 Å². The van der Waals surface area contributed by atoms with Gasteiger partial charge in [-0.15, -0.1) is 0 Å². The topological polar surface area (TPSA) is 54.6 Å². The van der Waals surface area contributed by atoms with Gasteiger partial charge in [-0.2, -0.15) is 5.26 Å². The zero-order valence-corrected chi connectivity index (χ0v) is 12.0. The molecule has 0 bridgehead atoms. The first-order chi connectivity index (χ1) is 10.2. The van der Waals surface area contributed by atoms with Crippen LogP contribution in [0.25, 0.3) is 0 Å². The third kappa shape index (κ3) is 4.08. The molecule has 0 aliphatic rings. The van der Waals surface area contributed by atoms with Gasteiger partial charge in [-0.25, -0.2) is 0 Å². The first-order valence-corrected chi connectivity index (χ1v) is 6.53. The fourth-order valence-corrected chi connectivity index (χ4v) is 1.86. The number of nitriles is 1. The summed E-state index contributed by atoms with van der Waals surface area (Å²) in [5, 5.41) is 12.6.